The topological polar surface area (TPSA) is 71.5 Å². The minimum Gasteiger partial charge on any atom is -0.493 e. The maximum absolute atomic E-state index is 12.6. The lowest BCUT2D eigenvalue weighted by Crippen LogP contribution is -2.23. The summed E-state index contributed by atoms with van der Waals surface area (Å²) in [6, 6.07) is 15.4. The van der Waals surface area contributed by atoms with E-state index in [4.69, 9.17) is 4.74 Å². The third-order valence-corrected chi connectivity index (χ3v) is 5.99. The van der Waals surface area contributed by atoms with Crippen molar-refractivity contribution in [1.82, 2.24) is 9.88 Å². The molecule has 3 aromatic rings. The van der Waals surface area contributed by atoms with Gasteiger partial charge in [-0.15, -0.1) is 11.3 Å². The van der Waals surface area contributed by atoms with Crippen molar-refractivity contribution in [2.75, 3.05) is 18.5 Å². The van der Waals surface area contributed by atoms with Crippen molar-refractivity contribution in [3.8, 4) is 16.3 Å². The van der Waals surface area contributed by atoms with Crippen LogP contribution in [0.4, 0.5) is 5.69 Å². The number of aromatic nitrogens is 1. The molecule has 1 aromatic heterocycles. The number of carbonyl (C=O) groups is 2. The number of anilines is 1. The molecule has 0 bridgehead atoms. The molecule has 31 heavy (non-hydrogen) atoms. The standard InChI is InChI=1S/C24H25N3O3S/c1-2-30-21-10-4-3-9-20(21)24-26-19(16-31-24)14-22(28)25-18-8-5-7-17(13-18)15-27-12-6-11-23(27)29/h3-5,7-10,13,16H,2,6,11-12,14-15H2,1H3,(H,25,28). The summed E-state index contributed by atoms with van der Waals surface area (Å²) in [5.74, 6) is 0.868. The number of hydrogen-bond acceptors (Lipinski definition) is 5. The highest BCUT2D eigenvalue weighted by Crippen LogP contribution is 2.32. The Labute approximate surface area is 185 Å². The Hall–Kier alpha value is -3.19. The molecule has 0 atom stereocenters. The fraction of sp³-hybridized carbons (Fsp3) is 0.292. The summed E-state index contributed by atoms with van der Waals surface area (Å²) in [5, 5.41) is 5.69. The molecule has 2 heterocycles. The normalized spacial score (nSPS) is 13.5. The van der Waals surface area contributed by atoms with E-state index in [2.05, 4.69) is 10.3 Å². The molecule has 0 radical (unpaired) electrons. The van der Waals surface area contributed by atoms with E-state index in [1.807, 2.05) is 65.7 Å². The molecule has 4 rings (SSSR count). The Morgan fingerprint density at radius 3 is 2.90 bits per heavy atom. The van der Waals surface area contributed by atoms with Gasteiger partial charge >= 0.3 is 0 Å². The van der Waals surface area contributed by atoms with Crippen molar-refractivity contribution in [3.05, 3.63) is 65.2 Å². The number of nitrogens with zero attached hydrogens (tertiary/aromatic N) is 2. The predicted molar refractivity (Wildman–Crippen MR) is 122 cm³/mol. The summed E-state index contributed by atoms with van der Waals surface area (Å²) in [5.41, 5.74) is 3.40. The summed E-state index contributed by atoms with van der Waals surface area (Å²) in [7, 11) is 0. The average Bonchev–Trinajstić information content (AvgIpc) is 3.38. The van der Waals surface area contributed by atoms with Crippen molar-refractivity contribution in [2.24, 2.45) is 0 Å². The molecule has 1 fully saturated rings. The van der Waals surface area contributed by atoms with Gasteiger partial charge < -0.3 is 15.0 Å². The molecule has 1 saturated heterocycles. The van der Waals surface area contributed by atoms with Crippen LogP contribution < -0.4 is 10.1 Å². The van der Waals surface area contributed by atoms with E-state index in [0.717, 1.165) is 46.2 Å². The number of nitrogens with one attached hydrogen (secondary N) is 1. The minimum atomic E-state index is -0.121. The van der Waals surface area contributed by atoms with Gasteiger partial charge in [-0.2, -0.15) is 0 Å². The van der Waals surface area contributed by atoms with Crippen molar-refractivity contribution in [1.29, 1.82) is 0 Å². The summed E-state index contributed by atoms with van der Waals surface area (Å²) >= 11 is 1.50. The van der Waals surface area contributed by atoms with Gasteiger partial charge in [-0.1, -0.05) is 24.3 Å². The van der Waals surface area contributed by atoms with Crippen LogP contribution in [0.2, 0.25) is 0 Å². The lowest BCUT2D eigenvalue weighted by Gasteiger charge is -2.16. The van der Waals surface area contributed by atoms with Crippen molar-refractivity contribution >= 4 is 28.8 Å². The van der Waals surface area contributed by atoms with Crippen LogP contribution in [-0.2, 0) is 22.6 Å². The molecular weight excluding hydrogens is 410 g/mol. The number of carbonyl (C=O) groups excluding carboxylic acids is 2. The highest BCUT2D eigenvalue weighted by atomic mass is 32.1. The van der Waals surface area contributed by atoms with Crippen molar-refractivity contribution in [3.63, 3.8) is 0 Å². The zero-order chi connectivity index (χ0) is 21.6. The molecular formula is C24H25N3O3S. The van der Waals surface area contributed by atoms with Crippen LogP contribution in [0, 0.1) is 0 Å². The minimum absolute atomic E-state index is 0.121. The first-order valence-electron chi connectivity index (χ1n) is 10.5. The van der Waals surface area contributed by atoms with E-state index in [1.165, 1.54) is 11.3 Å². The second-order valence-electron chi connectivity index (χ2n) is 7.42. The van der Waals surface area contributed by atoms with Crippen LogP contribution >= 0.6 is 11.3 Å². The Kier molecular flexibility index (Phi) is 6.62. The second kappa shape index (κ2) is 9.75. The Morgan fingerprint density at radius 1 is 1.23 bits per heavy atom. The summed E-state index contributed by atoms with van der Waals surface area (Å²) < 4.78 is 5.69. The monoisotopic (exact) mass is 435 g/mol. The number of rotatable bonds is 8. The average molecular weight is 436 g/mol. The summed E-state index contributed by atoms with van der Waals surface area (Å²) in [6.45, 7) is 3.92. The molecule has 7 heteroatoms. The SMILES string of the molecule is CCOc1ccccc1-c1nc(CC(=O)Nc2cccc(CN3CCCC3=O)c2)cs1. The van der Waals surface area contributed by atoms with Crippen LogP contribution in [0.15, 0.2) is 53.9 Å². The first kappa shape index (κ1) is 21.1. The van der Waals surface area contributed by atoms with Crippen LogP contribution in [0.5, 0.6) is 5.75 Å². The zero-order valence-electron chi connectivity index (χ0n) is 17.5. The third-order valence-electron chi connectivity index (χ3n) is 5.07. The summed E-state index contributed by atoms with van der Waals surface area (Å²) in [6.07, 6.45) is 1.74. The maximum Gasteiger partial charge on any atom is 0.230 e. The highest BCUT2D eigenvalue weighted by molar-refractivity contribution is 7.13. The van der Waals surface area contributed by atoms with Crippen LogP contribution in [0.25, 0.3) is 10.6 Å². The van der Waals surface area contributed by atoms with Crippen molar-refractivity contribution in [2.45, 2.75) is 32.7 Å². The molecule has 1 aliphatic heterocycles. The number of thiazole rings is 1. The van der Waals surface area contributed by atoms with Gasteiger partial charge in [-0.05, 0) is 43.2 Å². The molecule has 2 amide bonds. The van der Waals surface area contributed by atoms with Gasteiger partial charge in [0, 0.05) is 30.6 Å². The predicted octanol–water partition coefficient (Wildman–Crippen LogP) is 4.51. The molecule has 2 aromatic carbocycles. The van der Waals surface area contributed by atoms with E-state index >= 15 is 0 Å². The fourth-order valence-electron chi connectivity index (χ4n) is 3.65. The maximum atomic E-state index is 12.6. The molecule has 0 aliphatic carbocycles. The van der Waals surface area contributed by atoms with Crippen LogP contribution in [0.1, 0.15) is 31.0 Å². The lowest BCUT2D eigenvalue weighted by molar-refractivity contribution is -0.128. The van der Waals surface area contributed by atoms with Gasteiger partial charge in [0.2, 0.25) is 11.8 Å². The molecule has 160 valence electrons. The first-order valence-corrected chi connectivity index (χ1v) is 11.3. The van der Waals surface area contributed by atoms with Gasteiger partial charge in [0.1, 0.15) is 10.8 Å². The number of benzene rings is 2. The van der Waals surface area contributed by atoms with Gasteiger partial charge in [-0.25, -0.2) is 4.98 Å². The first-order chi connectivity index (χ1) is 15.1. The van der Waals surface area contributed by atoms with Crippen LogP contribution in [0.3, 0.4) is 0 Å². The Morgan fingerprint density at radius 2 is 2.10 bits per heavy atom. The highest BCUT2D eigenvalue weighted by Gasteiger charge is 2.20. The quantitative estimate of drug-likeness (QED) is 0.565. The number of para-hydroxylation sites is 1. The van der Waals surface area contributed by atoms with Crippen LogP contribution in [-0.4, -0.2) is 34.8 Å². The van der Waals surface area contributed by atoms with E-state index in [-0.39, 0.29) is 18.2 Å². The molecule has 1 N–H and O–H groups in total. The Bertz CT molecular complexity index is 1080. The zero-order valence-corrected chi connectivity index (χ0v) is 18.3. The molecule has 6 nitrogen and oxygen atoms in total. The third kappa shape index (κ3) is 5.30. The number of ether oxygens (including phenoxy) is 1. The van der Waals surface area contributed by atoms with E-state index in [9.17, 15) is 9.59 Å². The number of amides is 2. The fourth-order valence-corrected chi connectivity index (χ4v) is 4.49. The van der Waals surface area contributed by atoms with Crippen molar-refractivity contribution < 1.29 is 14.3 Å². The smallest absolute Gasteiger partial charge is 0.230 e. The van der Waals surface area contributed by atoms with Gasteiger partial charge in [0.15, 0.2) is 0 Å². The second-order valence-corrected chi connectivity index (χ2v) is 8.28. The summed E-state index contributed by atoms with van der Waals surface area (Å²) in [4.78, 5) is 30.9. The number of likely N-dealkylation sites (tertiary alicyclic amines) is 1. The molecule has 0 spiro atoms. The Balaban J connectivity index is 1.39. The number of hydrogen-bond donors (Lipinski definition) is 1. The van der Waals surface area contributed by atoms with Gasteiger partial charge in [0.25, 0.3) is 0 Å². The van der Waals surface area contributed by atoms with Gasteiger partial charge in [-0.3, -0.25) is 9.59 Å². The largest absolute Gasteiger partial charge is 0.493 e. The lowest BCUT2D eigenvalue weighted by atomic mass is 10.2. The van der Waals surface area contributed by atoms with Gasteiger partial charge in [0.05, 0.1) is 24.3 Å². The van der Waals surface area contributed by atoms with E-state index < -0.39 is 0 Å². The molecule has 0 saturated carbocycles. The molecule has 1 aliphatic rings. The van der Waals surface area contributed by atoms with E-state index in [0.29, 0.717) is 19.6 Å². The van der Waals surface area contributed by atoms with E-state index in [1.54, 1.807) is 0 Å². The molecule has 0 unspecified atom stereocenters.